The Kier molecular flexibility index (Phi) is 4.25. The fourth-order valence-corrected chi connectivity index (χ4v) is 2.34. The molecule has 1 atom stereocenters. The maximum absolute atomic E-state index is 11.2. The van der Waals surface area contributed by atoms with Gasteiger partial charge in [0.15, 0.2) is 4.90 Å². The Labute approximate surface area is 89.6 Å². The van der Waals surface area contributed by atoms with Crippen LogP contribution < -0.4 is 0 Å². The third kappa shape index (κ3) is 3.31. The van der Waals surface area contributed by atoms with E-state index in [0.29, 0.717) is 6.61 Å². The second-order valence-corrected chi connectivity index (χ2v) is 4.98. The van der Waals surface area contributed by atoms with Crippen molar-refractivity contribution < 1.29 is 9.29 Å². The SMILES string of the molecule is COCc1cc(Br)cc([S+](C)[O-])c1. The van der Waals surface area contributed by atoms with Gasteiger partial charge in [-0.25, -0.2) is 0 Å². The molecule has 0 bridgehead atoms. The summed E-state index contributed by atoms with van der Waals surface area (Å²) in [7, 11) is 1.64. The van der Waals surface area contributed by atoms with Gasteiger partial charge < -0.3 is 9.29 Å². The normalized spacial score (nSPS) is 12.9. The molecule has 0 radical (unpaired) electrons. The van der Waals surface area contributed by atoms with Gasteiger partial charge in [0, 0.05) is 17.6 Å². The summed E-state index contributed by atoms with van der Waals surface area (Å²) >= 11 is 2.42. The molecule has 72 valence electrons. The van der Waals surface area contributed by atoms with E-state index in [1.165, 1.54) is 0 Å². The average molecular weight is 263 g/mol. The van der Waals surface area contributed by atoms with Crippen LogP contribution in [0.3, 0.4) is 0 Å². The summed E-state index contributed by atoms with van der Waals surface area (Å²) in [5, 5.41) is 0. The fraction of sp³-hybridized carbons (Fsp3) is 0.333. The first-order valence-corrected chi connectivity index (χ1v) is 6.10. The number of halogens is 1. The lowest BCUT2D eigenvalue weighted by Crippen LogP contribution is -1.99. The zero-order valence-corrected chi connectivity index (χ0v) is 9.94. The zero-order valence-electron chi connectivity index (χ0n) is 7.54. The largest absolute Gasteiger partial charge is 0.612 e. The Bertz CT molecular complexity index is 289. The van der Waals surface area contributed by atoms with Gasteiger partial charge in [0.25, 0.3) is 0 Å². The van der Waals surface area contributed by atoms with Gasteiger partial charge >= 0.3 is 0 Å². The monoisotopic (exact) mass is 262 g/mol. The maximum atomic E-state index is 11.2. The minimum absolute atomic E-state index is 0.545. The topological polar surface area (TPSA) is 32.3 Å². The van der Waals surface area contributed by atoms with E-state index in [2.05, 4.69) is 15.9 Å². The standard InChI is InChI=1S/C9H11BrO2S/c1-12-6-7-3-8(10)5-9(4-7)13(2)11/h3-5H,6H2,1-2H3. The Morgan fingerprint density at radius 2 is 2.15 bits per heavy atom. The van der Waals surface area contributed by atoms with E-state index in [0.717, 1.165) is 14.9 Å². The molecule has 0 aliphatic carbocycles. The first kappa shape index (κ1) is 11.0. The van der Waals surface area contributed by atoms with Crippen molar-refractivity contribution in [3.63, 3.8) is 0 Å². The van der Waals surface area contributed by atoms with Gasteiger partial charge in [0.2, 0.25) is 0 Å². The van der Waals surface area contributed by atoms with Gasteiger partial charge in [0.05, 0.1) is 6.61 Å². The second kappa shape index (κ2) is 5.00. The summed E-state index contributed by atoms with van der Waals surface area (Å²) < 4.78 is 17.1. The minimum Gasteiger partial charge on any atom is -0.612 e. The molecule has 0 amide bonds. The van der Waals surface area contributed by atoms with Gasteiger partial charge in [-0.3, -0.25) is 0 Å². The van der Waals surface area contributed by atoms with Crippen LogP contribution in [0.25, 0.3) is 0 Å². The predicted octanol–water partition coefficient (Wildman–Crippen LogP) is 2.33. The van der Waals surface area contributed by atoms with Crippen molar-refractivity contribution in [1.29, 1.82) is 0 Å². The Morgan fingerprint density at radius 1 is 1.46 bits per heavy atom. The molecule has 1 rings (SSSR count). The van der Waals surface area contributed by atoms with Crippen LogP contribution in [0.5, 0.6) is 0 Å². The van der Waals surface area contributed by atoms with Crippen LogP contribution in [0.2, 0.25) is 0 Å². The number of hydrogen-bond acceptors (Lipinski definition) is 2. The van der Waals surface area contributed by atoms with E-state index in [4.69, 9.17) is 4.74 Å². The van der Waals surface area contributed by atoms with E-state index in [-0.39, 0.29) is 0 Å². The molecule has 0 fully saturated rings. The van der Waals surface area contributed by atoms with Crippen molar-refractivity contribution in [2.75, 3.05) is 13.4 Å². The van der Waals surface area contributed by atoms with Crippen LogP contribution in [-0.4, -0.2) is 17.9 Å². The molecule has 13 heavy (non-hydrogen) atoms. The quantitative estimate of drug-likeness (QED) is 0.784. The highest BCUT2D eigenvalue weighted by atomic mass is 79.9. The molecule has 0 N–H and O–H groups in total. The van der Waals surface area contributed by atoms with E-state index < -0.39 is 11.2 Å². The molecular weight excluding hydrogens is 252 g/mol. The van der Waals surface area contributed by atoms with Gasteiger partial charge in [-0.2, -0.15) is 0 Å². The third-order valence-corrected chi connectivity index (χ3v) is 2.93. The van der Waals surface area contributed by atoms with Crippen molar-refractivity contribution in [3.8, 4) is 0 Å². The summed E-state index contributed by atoms with van der Waals surface area (Å²) in [6, 6.07) is 5.71. The van der Waals surface area contributed by atoms with E-state index >= 15 is 0 Å². The average Bonchev–Trinajstić information content (AvgIpc) is 2.03. The maximum Gasteiger partial charge on any atom is 0.153 e. The molecule has 4 heteroatoms. The van der Waals surface area contributed by atoms with E-state index in [1.54, 1.807) is 13.4 Å². The minimum atomic E-state index is -0.939. The van der Waals surface area contributed by atoms with Crippen molar-refractivity contribution in [2.24, 2.45) is 0 Å². The summed E-state index contributed by atoms with van der Waals surface area (Å²) in [4.78, 5) is 0.821. The predicted molar refractivity (Wildman–Crippen MR) is 57.2 cm³/mol. The Balaban J connectivity index is 2.96. The molecule has 0 aromatic heterocycles. The molecule has 0 saturated carbocycles. The second-order valence-electron chi connectivity index (χ2n) is 2.68. The number of benzene rings is 1. The van der Waals surface area contributed by atoms with Crippen LogP contribution in [0.1, 0.15) is 5.56 Å². The number of ether oxygens (including phenoxy) is 1. The molecule has 0 heterocycles. The molecule has 1 aromatic carbocycles. The van der Waals surface area contributed by atoms with Crippen LogP contribution in [0.4, 0.5) is 0 Å². The van der Waals surface area contributed by atoms with Crippen LogP contribution >= 0.6 is 15.9 Å². The molecule has 0 aliphatic heterocycles. The lowest BCUT2D eigenvalue weighted by Gasteiger charge is -2.07. The van der Waals surface area contributed by atoms with E-state index in [9.17, 15) is 4.55 Å². The summed E-state index contributed by atoms with van der Waals surface area (Å²) in [6.45, 7) is 0.545. The van der Waals surface area contributed by atoms with Crippen LogP contribution in [0.15, 0.2) is 27.6 Å². The summed E-state index contributed by atoms with van der Waals surface area (Å²) in [6.07, 6.45) is 1.67. The molecule has 2 nitrogen and oxygen atoms in total. The Morgan fingerprint density at radius 3 is 2.69 bits per heavy atom. The van der Waals surface area contributed by atoms with Crippen molar-refractivity contribution >= 4 is 27.1 Å². The highest BCUT2D eigenvalue weighted by molar-refractivity contribution is 9.10. The van der Waals surface area contributed by atoms with Crippen molar-refractivity contribution in [2.45, 2.75) is 11.5 Å². The van der Waals surface area contributed by atoms with Gasteiger partial charge in [0.1, 0.15) is 6.26 Å². The smallest absolute Gasteiger partial charge is 0.153 e. The van der Waals surface area contributed by atoms with Crippen LogP contribution in [0, 0.1) is 0 Å². The lowest BCUT2D eigenvalue weighted by atomic mass is 10.2. The number of rotatable bonds is 3. The van der Waals surface area contributed by atoms with Crippen LogP contribution in [-0.2, 0) is 22.5 Å². The summed E-state index contributed by atoms with van der Waals surface area (Å²) in [5.41, 5.74) is 1.03. The first-order chi connectivity index (χ1) is 6.13. The van der Waals surface area contributed by atoms with Gasteiger partial charge in [-0.15, -0.1) is 0 Å². The van der Waals surface area contributed by atoms with Gasteiger partial charge in [-0.05, 0) is 28.9 Å². The molecule has 0 saturated heterocycles. The van der Waals surface area contributed by atoms with Gasteiger partial charge in [-0.1, -0.05) is 15.9 Å². The van der Waals surface area contributed by atoms with Crippen molar-refractivity contribution in [1.82, 2.24) is 0 Å². The molecule has 0 spiro atoms. The number of methoxy groups -OCH3 is 1. The third-order valence-electron chi connectivity index (χ3n) is 1.57. The highest BCUT2D eigenvalue weighted by Crippen LogP contribution is 2.19. The number of hydrogen-bond donors (Lipinski definition) is 0. The Hall–Kier alpha value is -0.0300. The van der Waals surface area contributed by atoms with E-state index in [1.807, 2.05) is 18.2 Å². The molecular formula is C9H11BrO2S. The lowest BCUT2D eigenvalue weighted by molar-refractivity contribution is 0.184. The highest BCUT2D eigenvalue weighted by Gasteiger charge is 2.06. The first-order valence-electron chi connectivity index (χ1n) is 3.75. The van der Waals surface area contributed by atoms with Crippen molar-refractivity contribution in [3.05, 3.63) is 28.2 Å². The summed E-state index contributed by atoms with van der Waals surface area (Å²) in [5.74, 6) is 0. The molecule has 1 unspecified atom stereocenters. The molecule has 1 aromatic rings. The zero-order chi connectivity index (χ0) is 9.84. The molecule has 0 aliphatic rings. The fourth-order valence-electron chi connectivity index (χ4n) is 1.04.